The number of hydrogen-bond donors (Lipinski definition) is 2. The van der Waals surface area contributed by atoms with Gasteiger partial charge in [-0.1, -0.05) is 60.7 Å². The molecule has 2 aromatic carbocycles. The van der Waals surface area contributed by atoms with Crippen molar-refractivity contribution in [2.45, 2.75) is 29.7 Å². The maximum absolute atomic E-state index is 13.8. The van der Waals surface area contributed by atoms with E-state index in [1.807, 2.05) is 0 Å². The molecule has 0 spiro atoms. The Labute approximate surface area is 160 Å². The van der Waals surface area contributed by atoms with Gasteiger partial charge in [0.05, 0.1) is 0 Å². The number of phosphoric acid groups is 1. The monoisotopic (exact) mass is 442 g/mol. The zero-order chi connectivity index (χ0) is 21.7. The lowest BCUT2D eigenvalue weighted by molar-refractivity contribution is -0.416. The van der Waals surface area contributed by atoms with Crippen molar-refractivity contribution in [3.63, 3.8) is 0 Å². The molecule has 0 saturated carbocycles. The van der Waals surface area contributed by atoms with Crippen LogP contribution in [0.4, 0.5) is 26.3 Å². The molecule has 1 aliphatic rings. The average Bonchev–Trinajstić information content (AvgIpc) is 2.93. The zero-order valence-electron chi connectivity index (χ0n) is 14.2. The fourth-order valence-electron chi connectivity index (χ4n) is 3.32. The summed E-state index contributed by atoms with van der Waals surface area (Å²) < 4.78 is 104. The van der Waals surface area contributed by atoms with Crippen LogP contribution in [0.2, 0.25) is 0 Å². The van der Waals surface area contributed by atoms with Crippen LogP contribution < -0.4 is 0 Å². The van der Waals surface area contributed by atoms with Crippen LogP contribution >= 0.6 is 7.82 Å². The van der Waals surface area contributed by atoms with Crippen molar-refractivity contribution in [1.82, 2.24) is 0 Å². The molecule has 5 nitrogen and oxygen atoms in total. The second-order valence-corrected chi connectivity index (χ2v) is 7.59. The van der Waals surface area contributed by atoms with E-state index in [4.69, 9.17) is 0 Å². The van der Waals surface area contributed by atoms with Gasteiger partial charge in [-0.15, -0.1) is 0 Å². The van der Waals surface area contributed by atoms with Gasteiger partial charge in [-0.2, -0.15) is 26.3 Å². The van der Waals surface area contributed by atoms with E-state index < -0.39 is 43.0 Å². The first kappa shape index (κ1) is 21.8. The summed E-state index contributed by atoms with van der Waals surface area (Å²) in [6, 6.07) is 11.2. The van der Waals surface area contributed by atoms with Gasteiger partial charge < -0.3 is 10.00 Å². The van der Waals surface area contributed by atoms with Crippen LogP contribution in [0.15, 0.2) is 60.7 Å². The molecule has 3 rings (SSSR count). The minimum Gasteiger partial charge on any atom is -0.371 e. The number of alkyl halides is 6. The van der Waals surface area contributed by atoms with Gasteiger partial charge in [-0.05, 0) is 11.1 Å². The molecule has 1 saturated heterocycles. The zero-order valence-corrected chi connectivity index (χ0v) is 15.1. The number of aliphatic hydroxyl groups is 1. The molecule has 0 aromatic heterocycles. The maximum Gasteiger partial charge on any atom is 0.474 e. The fourth-order valence-corrected chi connectivity index (χ4v) is 4.60. The van der Waals surface area contributed by atoms with Crippen molar-refractivity contribution in [1.29, 1.82) is 0 Å². The molecule has 1 fully saturated rings. The third-order valence-electron chi connectivity index (χ3n) is 4.53. The van der Waals surface area contributed by atoms with Gasteiger partial charge in [0.1, 0.15) is 6.10 Å². The first-order valence-electron chi connectivity index (χ1n) is 7.94. The Morgan fingerprint density at radius 2 is 1.31 bits per heavy atom. The summed E-state index contributed by atoms with van der Waals surface area (Å²) in [6.45, 7) is 0. The van der Waals surface area contributed by atoms with Crippen LogP contribution in [-0.4, -0.2) is 28.0 Å². The van der Waals surface area contributed by atoms with Crippen LogP contribution in [-0.2, 0) is 19.2 Å². The van der Waals surface area contributed by atoms with Gasteiger partial charge in [0, 0.05) is 0 Å². The van der Waals surface area contributed by atoms with Crippen LogP contribution in [0.25, 0.3) is 0 Å². The van der Waals surface area contributed by atoms with E-state index in [-0.39, 0.29) is 5.56 Å². The molecule has 1 heterocycles. The Kier molecular flexibility index (Phi) is 5.12. The number of benzene rings is 2. The lowest BCUT2D eigenvalue weighted by atomic mass is 9.70. The number of halogens is 6. The maximum atomic E-state index is 13.8. The molecular weight excluding hydrogens is 429 g/mol. The normalized spacial score (nSPS) is 28.5. The fraction of sp³-hybridized carbons (Fsp3) is 0.294. The highest BCUT2D eigenvalue weighted by Gasteiger charge is 2.85. The summed E-state index contributed by atoms with van der Waals surface area (Å²) in [5.41, 5.74) is -10.6. The second kappa shape index (κ2) is 6.82. The topological polar surface area (TPSA) is 76.0 Å². The standard InChI is InChI=1S/C17H13F6O5P/c18-16(19,20)15(24,17(21,22)23)14(12-9-5-2-6-10-12)13(27-29(25,26)28-14)11-7-3-1-4-8-11/h1-10,13,24H,(H,25,26). The molecule has 12 heteroatoms. The van der Waals surface area contributed by atoms with Crippen molar-refractivity contribution in [2.75, 3.05) is 0 Å². The molecule has 1 aliphatic heterocycles. The molecule has 2 aromatic rings. The van der Waals surface area contributed by atoms with Crippen molar-refractivity contribution >= 4 is 7.82 Å². The van der Waals surface area contributed by atoms with Crippen molar-refractivity contribution in [3.05, 3.63) is 71.8 Å². The van der Waals surface area contributed by atoms with Gasteiger partial charge in [-0.25, -0.2) is 4.57 Å². The summed E-state index contributed by atoms with van der Waals surface area (Å²) in [7, 11) is -5.45. The number of rotatable bonds is 3. The molecular formula is C17H13F6O5P. The molecule has 0 bridgehead atoms. The minimum atomic E-state index is -6.36. The summed E-state index contributed by atoms with van der Waals surface area (Å²) in [6.07, 6.45) is -15.1. The van der Waals surface area contributed by atoms with E-state index in [0.717, 1.165) is 36.4 Å². The smallest absolute Gasteiger partial charge is 0.371 e. The Hall–Kier alpha value is -1.91. The largest absolute Gasteiger partial charge is 0.474 e. The first-order chi connectivity index (χ1) is 13.3. The molecule has 29 heavy (non-hydrogen) atoms. The van der Waals surface area contributed by atoms with Crippen LogP contribution in [0.5, 0.6) is 0 Å². The number of hydrogen-bond acceptors (Lipinski definition) is 4. The van der Waals surface area contributed by atoms with Crippen LogP contribution in [0.3, 0.4) is 0 Å². The highest BCUT2D eigenvalue weighted by atomic mass is 31.2. The molecule has 2 N–H and O–H groups in total. The lowest BCUT2D eigenvalue weighted by Gasteiger charge is -2.46. The van der Waals surface area contributed by atoms with Gasteiger partial charge in [-0.3, -0.25) is 9.05 Å². The van der Waals surface area contributed by atoms with Gasteiger partial charge in [0.15, 0.2) is 5.60 Å². The number of phosphoric ester groups is 1. The quantitative estimate of drug-likeness (QED) is 0.536. The van der Waals surface area contributed by atoms with Crippen LogP contribution in [0.1, 0.15) is 17.2 Å². The second-order valence-electron chi connectivity index (χ2n) is 6.26. The average molecular weight is 442 g/mol. The summed E-state index contributed by atoms with van der Waals surface area (Å²) >= 11 is 0. The third kappa shape index (κ3) is 3.27. The van der Waals surface area contributed by atoms with Gasteiger partial charge in [0.25, 0.3) is 5.60 Å². The van der Waals surface area contributed by atoms with Gasteiger partial charge in [0.2, 0.25) is 0 Å². The Morgan fingerprint density at radius 1 is 0.862 bits per heavy atom. The lowest BCUT2D eigenvalue weighted by Crippen LogP contribution is -2.70. The molecule has 0 aliphatic carbocycles. The van der Waals surface area contributed by atoms with E-state index in [2.05, 4.69) is 9.05 Å². The highest BCUT2D eigenvalue weighted by molar-refractivity contribution is 7.47. The molecule has 3 atom stereocenters. The first-order valence-corrected chi connectivity index (χ1v) is 9.44. The molecule has 0 amide bonds. The van der Waals surface area contributed by atoms with Crippen molar-refractivity contribution in [3.8, 4) is 0 Å². The Morgan fingerprint density at radius 3 is 1.76 bits per heavy atom. The van der Waals surface area contributed by atoms with E-state index >= 15 is 0 Å². The van der Waals surface area contributed by atoms with Crippen LogP contribution in [0, 0.1) is 0 Å². The highest BCUT2D eigenvalue weighted by Crippen LogP contribution is 2.72. The predicted octanol–water partition coefficient (Wildman–Crippen LogP) is 4.63. The molecule has 0 radical (unpaired) electrons. The third-order valence-corrected chi connectivity index (χ3v) is 5.53. The van der Waals surface area contributed by atoms with E-state index in [1.54, 1.807) is 0 Å². The summed E-state index contributed by atoms with van der Waals surface area (Å²) in [5.74, 6) is 0. The predicted molar refractivity (Wildman–Crippen MR) is 86.4 cm³/mol. The van der Waals surface area contributed by atoms with Gasteiger partial charge >= 0.3 is 20.2 Å². The van der Waals surface area contributed by atoms with Crippen molar-refractivity contribution < 1.29 is 50.0 Å². The van der Waals surface area contributed by atoms with E-state index in [0.29, 0.717) is 0 Å². The summed E-state index contributed by atoms with van der Waals surface area (Å²) in [4.78, 5) is 9.78. The molecule has 3 unspecified atom stereocenters. The Balaban J connectivity index is 2.45. The van der Waals surface area contributed by atoms with Crippen molar-refractivity contribution in [2.24, 2.45) is 0 Å². The van der Waals surface area contributed by atoms with E-state index in [1.165, 1.54) is 24.3 Å². The SMILES string of the molecule is O=P1(O)OC(c2ccccc2)C(c2ccccc2)(C(O)(C(F)(F)F)C(F)(F)F)O1. The molecule has 158 valence electrons. The van der Waals surface area contributed by atoms with E-state index in [9.17, 15) is 40.9 Å². The Bertz CT molecular complexity index is 903. The summed E-state index contributed by atoms with van der Waals surface area (Å²) in [5, 5.41) is 10.3. The minimum absolute atomic E-state index is 0.338.